The van der Waals surface area contributed by atoms with Crippen LogP contribution in [-0.4, -0.2) is 31.6 Å². The van der Waals surface area contributed by atoms with Crippen LogP contribution in [0.15, 0.2) is 54.1 Å². The number of carbonyl (C=O) groups is 3. The van der Waals surface area contributed by atoms with Gasteiger partial charge in [-0.3, -0.25) is 14.9 Å². The molecule has 0 aliphatic carbocycles. The summed E-state index contributed by atoms with van der Waals surface area (Å²) in [6.07, 6.45) is 1.43. The van der Waals surface area contributed by atoms with Crippen molar-refractivity contribution >= 4 is 29.6 Å². The Morgan fingerprint density at radius 1 is 1.03 bits per heavy atom. The number of carbonyl (C=O) groups excluding carboxylic acids is 3. The number of amides is 4. The van der Waals surface area contributed by atoms with Gasteiger partial charge in [-0.1, -0.05) is 38.1 Å². The van der Waals surface area contributed by atoms with Crippen molar-refractivity contribution in [3.05, 3.63) is 59.7 Å². The maximum atomic E-state index is 12.9. The van der Waals surface area contributed by atoms with Crippen LogP contribution in [0.4, 0.5) is 10.5 Å². The van der Waals surface area contributed by atoms with Crippen molar-refractivity contribution in [3.8, 4) is 11.5 Å². The van der Waals surface area contributed by atoms with Crippen molar-refractivity contribution in [2.75, 3.05) is 18.6 Å². The van der Waals surface area contributed by atoms with Crippen molar-refractivity contribution in [2.45, 2.75) is 13.8 Å². The zero-order valence-corrected chi connectivity index (χ0v) is 16.5. The third-order valence-electron chi connectivity index (χ3n) is 4.19. The van der Waals surface area contributed by atoms with E-state index in [2.05, 4.69) is 5.32 Å². The van der Waals surface area contributed by atoms with Crippen molar-refractivity contribution < 1.29 is 23.9 Å². The smallest absolute Gasteiger partial charge is 0.335 e. The van der Waals surface area contributed by atoms with Crippen LogP contribution >= 0.6 is 0 Å². The molecule has 0 atom stereocenters. The summed E-state index contributed by atoms with van der Waals surface area (Å²) in [7, 11) is 1.52. The summed E-state index contributed by atoms with van der Waals surface area (Å²) in [5.74, 6) is -0.0228. The number of benzene rings is 2. The summed E-state index contributed by atoms with van der Waals surface area (Å²) in [5.41, 5.74) is 0.800. The first-order chi connectivity index (χ1) is 13.9. The molecule has 1 heterocycles. The van der Waals surface area contributed by atoms with Gasteiger partial charge in [0.25, 0.3) is 11.8 Å². The molecule has 7 nitrogen and oxygen atoms in total. The number of hydrogen-bond donors (Lipinski definition) is 1. The molecule has 1 saturated heterocycles. The molecule has 0 bridgehead atoms. The lowest BCUT2D eigenvalue weighted by Gasteiger charge is -2.26. The van der Waals surface area contributed by atoms with Gasteiger partial charge in [0.15, 0.2) is 11.5 Å². The summed E-state index contributed by atoms with van der Waals surface area (Å²) >= 11 is 0. The molecule has 1 fully saturated rings. The fourth-order valence-electron chi connectivity index (χ4n) is 2.79. The molecule has 0 aromatic heterocycles. The Morgan fingerprint density at radius 3 is 2.41 bits per heavy atom. The van der Waals surface area contributed by atoms with Crippen molar-refractivity contribution in [3.63, 3.8) is 0 Å². The molecule has 0 saturated carbocycles. The SMILES string of the molecule is COc1cc(C=C2C(=O)NC(=O)N(c3ccccc3)C2=O)ccc1OCC(C)C. The van der Waals surface area contributed by atoms with Gasteiger partial charge in [0.05, 0.1) is 19.4 Å². The van der Waals surface area contributed by atoms with Gasteiger partial charge < -0.3 is 9.47 Å². The predicted molar refractivity (Wildman–Crippen MR) is 109 cm³/mol. The normalized spacial score (nSPS) is 15.7. The minimum Gasteiger partial charge on any atom is -0.493 e. The Bertz CT molecular complexity index is 966. The molecule has 150 valence electrons. The largest absolute Gasteiger partial charge is 0.493 e. The number of ether oxygens (including phenoxy) is 2. The number of para-hydroxylation sites is 1. The standard InChI is InChI=1S/C22H22N2O5/c1-14(2)13-29-18-10-9-15(12-19(18)28-3)11-17-20(25)23-22(27)24(21(17)26)16-7-5-4-6-8-16/h4-12,14H,13H2,1-3H3,(H,23,25,27). The van der Waals surface area contributed by atoms with Gasteiger partial charge in [-0.15, -0.1) is 0 Å². The molecule has 1 N–H and O–H groups in total. The second-order valence-electron chi connectivity index (χ2n) is 6.91. The molecule has 29 heavy (non-hydrogen) atoms. The topological polar surface area (TPSA) is 84.9 Å². The molecule has 2 aromatic rings. The average molecular weight is 394 g/mol. The first-order valence-electron chi connectivity index (χ1n) is 9.18. The van der Waals surface area contributed by atoms with E-state index in [1.165, 1.54) is 13.2 Å². The number of rotatable bonds is 6. The molecule has 4 amide bonds. The van der Waals surface area contributed by atoms with E-state index in [0.717, 1.165) is 4.90 Å². The molecule has 7 heteroatoms. The van der Waals surface area contributed by atoms with Gasteiger partial charge in [0.1, 0.15) is 5.57 Å². The molecular formula is C22H22N2O5. The molecule has 1 aliphatic heterocycles. The molecular weight excluding hydrogens is 372 g/mol. The summed E-state index contributed by atoms with van der Waals surface area (Å²) in [5, 5.41) is 2.20. The van der Waals surface area contributed by atoms with Crippen molar-refractivity contribution in [1.29, 1.82) is 0 Å². The van der Waals surface area contributed by atoms with Gasteiger partial charge >= 0.3 is 6.03 Å². The van der Waals surface area contributed by atoms with E-state index in [-0.39, 0.29) is 5.57 Å². The zero-order chi connectivity index (χ0) is 21.0. The van der Waals surface area contributed by atoms with Gasteiger partial charge in [-0.25, -0.2) is 9.69 Å². The predicted octanol–water partition coefficient (Wildman–Crippen LogP) is 3.40. The number of hydrogen-bond acceptors (Lipinski definition) is 5. The van der Waals surface area contributed by atoms with Crippen LogP contribution in [0.25, 0.3) is 6.08 Å². The molecule has 0 spiro atoms. The van der Waals surface area contributed by atoms with Crippen LogP contribution in [0.3, 0.4) is 0 Å². The van der Waals surface area contributed by atoms with E-state index >= 15 is 0 Å². The van der Waals surface area contributed by atoms with Crippen molar-refractivity contribution in [1.82, 2.24) is 5.32 Å². The Morgan fingerprint density at radius 2 is 1.76 bits per heavy atom. The number of nitrogens with zero attached hydrogens (tertiary/aromatic N) is 1. The van der Waals surface area contributed by atoms with Gasteiger partial charge in [0, 0.05) is 0 Å². The molecule has 0 radical (unpaired) electrons. The maximum absolute atomic E-state index is 12.9. The van der Waals surface area contributed by atoms with Crippen molar-refractivity contribution in [2.24, 2.45) is 5.92 Å². The summed E-state index contributed by atoms with van der Waals surface area (Å²) in [4.78, 5) is 38.3. The zero-order valence-electron chi connectivity index (χ0n) is 16.5. The van der Waals surface area contributed by atoms with E-state index in [1.54, 1.807) is 48.5 Å². The maximum Gasteiger partial charge on any atom is 0.335 e. The molecule has 3 rings (SSSR count). The van der Waals surface area contributed by atoms with Crippen LogP contribution in [0.5, 0.6) is 11.5 Å². The van der Waals surface area contributed by atoms with Crippen LogP contribution in [0.1, 0.15) is 19.4 Å². The second kappa shape index (κ2) is 8.60. The van der Waals surface area contributed by atoms with E-state index in [9.17, 15) is 14.4 Å². The Kier molecular flexibility index (Phi) is 5.97. The minimum absolute atomic E-state index is 0.147. The first-order valence-corrected chi connectivity index (χ1v) is 9.18. The lowest BCUT2D eigenvalue weighted by atomic mass is 10.1. The van der Waals surface area contributed by atoms with Crippen LogP contribution in [0.2, 0.25) is 0 Å². The third kappa shape index (κ3) is 4.45. The Balaban J connectivity index is 1.93. The number of methoxy groups -OCH3 is 1. The minimum atomic E-state index is -0.779. The summed E-state index contributed by atoms with van der Waals surface area (Å²) in [6, 6.07) is 12.8. The highest BCUT2D eigenvalue weighted by molar-refractivity contribution is 6.39. The first kappa shape index (κ1) is 20.1. The van der Waals surface area contributed by atoms with E-state index in [4.69, 9.17) is 9.47 Å². The number of anilines is 1. The molecule has 1 aliphatic rings. The highest BCUT2D eigenvalue weighted by Crippen LogP contribution is 2.30. The molecule has 0 unspecified atom stereocenters. The number of imide groups is 2. The van der Waals surface area contributed by atoms with E-state index in [0.29, 0.717) is 35.3 Å². The Hall–Kier alpha value is -3.61. The fraction of sp³-hybridized carbons (Fsp3) is 0.227. The number of nitrogens with one attached hydrogen (secondary N) is 1. The second-order valence-corrected chi connectivity index (χ2v) is 6.91. The van der Waals surface area contributed by atoms with E-state index in [1.807, 2.05) is 13.8 Å². The van der Waals surface area contributed by atoms with Gasteiger partial charge in [0.2, 0.25) is 0 Å². The quantitative estimate of drug-likeness (QED) is 0.600. The monoisotopic (exact) mass is 394 g/mol. The lowest BCUT2D eigenvalue weighted by Crippen LogP contribution is -2.54. The van der Waals surface area contributed by atoms with Gasteiger partial charge in [-0.2, -0.15) is 0 Å². The number of barbiturate groups is 1. The lowest BCUT2D eigenvalue weighted by molar-refractivity contribution is -0.122. The van der Waals surface area contributed by atoms with Crippen LogP contribution in [0, 0.1) is 5.92 Å². The summed E-state index contributed by atoms with van der Waals surface area (Å²) in [6.45, 7) is 4.61. The fourth-order valence-corrected chi connectivity index (χ4v) is 2.79. The Labute approximate surface area is 168 Å². The summed E-state index contributed by atoms with van der Waals surface area (Å²) < 4.78 is 11.1. The molecule has 2 aromatic carbocycles. The average Bonchev–Trinajstić information content (AvgIpc) is 2.70. The highest BCUT2D eigenvalue weighted by Gasteiger charge is 2.36. The van der Waals surface area contributed by atoms with Crippen LogP contribution in [-0.2, 0) is 9.59 Å². The highest BCUT2D eigenvalue weighted by atomic mass is 16.5. The number of urea groups is 1. The van der Waals surface area contributed by atoms with Gasteiger partial charge in [-0.05, 0) is 41.8 Å². The third-order valence-corrected chi connectivity index (χ3v) is 4.19. The van der Waals surface area contributed by atoms with E-state index < -0.39 is 17.8 Å². The van der Waals surface area contributed by atoms with Crippen LogP contribution < -0.4 is 19.7 Å².